The molecule has 2 atom stereocenters. The highest BCUT2D eigenvalue weighted by atomic mass is 16.5. The van der Waals surface area contributed by atoms with E-state index in [1.54, 1.807) is 0 Å². The fourth-order valence-electron chi connectivity index (χ4n) is 2.66. The van der Waals surface area contributed by atoms with Gasteiger partial charge in [-0.05, 0) is 44.5 Å². The molecule has 0 spiro atoms. The van der Waals surface area contributed by atoms with Gasteiger partial charge in [-0.15, -0.1) is 0 Å². The summed E-state index contributed by atoms with van der Waals surface area (Å²) in [5.74, 6) is 0.973. The predicted molar refractivity (Wildman–Crippen MR) is 83.0 cm³/mol. The quantitative estimate of drug-likeness (QED) is 0.756. The van der Waals surface area contributed by atoms with Crippen molar-refractivity contribution >= 4 is 5.78 Å². The highest BCUT2D eigenvalue weighted by Gasteiger charge is 2.23. The second-order valence-corrected chi connectivity index (χ2v) is 5.75. The lowest BCUT2D eigenvalue weighted by atomic mass is 10.1. The molecule has 1 heterocycles. The van der Waals surface area contributed by atoms with E-state index in [4.69, 9.17) is 9.47 Å². The van der Waals surface area contributed by atoms with E-state index in [1.807, 2.05) is 38.1 Å². The molecule has 2 unspecified atom stereocenters. The highest BCUT2D eigenvalue weighted by Crippen LogP contribution is 2.15. The van der Waals surface area contributed by atoms with Crippen molar-refractivity contribution in [2.24, 2.45) is 0 Å². The number of rotatable bonds is 6. The first-order valence-electron chi connectivity index (χ1n) is 7.72. The van der Waals surface area contributed by atoms with Gasteiger partial charge in [0.15, 0.2) is 5.78 Å². The van der Waals surface area contributed by atoms with Crippen LogP contribution < -0.4 is 4.74 Å². The molecule has 0 saturated carbocycles. The Morgan fingerprint density at radius 1 is 1.24 bits per heavy atom. The lowest BCUT2D eigenvalue weighted by Crippen LogP contribution is -2.47. The Balaban J connectivity index is 1.90. The van der Waals surface area contributed by atoms with Gasteiger partial charge in [0.05, 0.1) is 25.4 Å². The molecule has 1 aromatic carbocycles. The van der Waals surface area contributed by atoms with Crippen molar-refractivity contribution in [2.45, 2.75) is 39.4 Å². The van der Waals surface area contributed by atoms with Crippen LogP contribution in [0.2, 0.25) is 0 Å². The van der Waals surface area contributed by atoms with Crippen LogP contribution in [0.3, 0.4) is 0 Å². The Bertz CT molecular complexity index is 448. The number of ketones is 1. The summed E-state index contributed by atoms with van der Waals surface area (Å²) in [5.41, 5.74) is 0.741. The van der Waals surface area contributed by atoms with Gasteiger partial charge in [0.2, 0.25) is 0 Å². The number of ether oxygens (including phenoxy) is 2. The summed E-state index contributed by atoms with van der Waals surface area (Å²) < 4.78 is 11.2. The minimum atomic E-state index is 0.151. The monoisotopic (exact) mass is 291 g/mol. The van der Waals surface area contributed by atoms with Crippen molar-refractivity contribution in [3.63, 3.8) is 0 Å². The fraction of sp³-hybridized carbons (Fsp3) is 0.588. The molecular weight excluding hydrogens is 266 g/mol. The molecule has 0 bridgehead atoms. The van der Waals surface area contributed by atoms with Gasteiger partial charge in [-0.25, -0.2) is 0 Å². The van der Waals surface area contributed by atoms with Gasteiger partial charge >= 0.3 is 0 Å². The van der Waals surface area contributed by atoms with Gasteiger partial charge in [0.25, 0.3) is 0 Å². The molecule has 1 fully saturated rings. The largest absolute Gasteiger partial charge is 0.494 e. The van der Waals surface area contributed by atoms with E-state index in [9.17, 15) is 4.79 Å². The van der Waals surface area contributed by atoms with Crippen LogP contribution in [-0.4, -0.2) is 49.1 Å². The lowest BCUT2D eigenvalue weighted by molar-refractivity contribution is -0.0652. The first-order valence-corrected chi connectivity index (χ1v) is 7.72. The van der Waals surface area contributed by atoms with Crippen LogP contribution in [0.5, 0.6) is 5.75 Å². The molecule has 116 valence electrons. The maximum absolute atomic E-state index is 12.3. The zero-order valence-electron chi connectivity index (χ0n) is 13.2. The first kappa shape index (κ1) is 16.0. The summed E-state index contributed by atoms with van der Waals surface area (Å²) in [4.78, 5) is 14.5. The van der Waals surface area contributed by atoms with Crippen molar-refractivity contribution < 1.29 is 14.3 Å². The molecule has 21 heavy (non-hydrogen) atoms. The van der Waals surface area contributed by atoms with E-state index in [0.717, 1.165) is 30.8 Å². The van der Waals surface area contributed by atoms with Crippen LogP contribution in [0.25, 0.3) is 0 Å². The Morgan fingerprint density at radius 3 is 2.43 bits per heavy atom. The van der Waals surface area contributed by atoms with Gasteiger partial charge in [-0.3, -0.25) is 9.69 Å². The topological polar surface area (TPSA) is 38.8 Å². The molecule has 1 aromatic rings. The third-order valence-corrected chi connectivity index (χ3v) is 3.51. The second kappa shape index (κ2) is 7.57. The molecule has 1 aliphatic rings. The summed E-state index contributed by atoms with van der Waals surface area (Å²) in [5, 5.41) is 0. The Morgan fingerprint density at radius 2 is 1.86 bits per heavy atom. The highest BCUT2D eigenvalue weighted by molar-refractivity contribution is 5.97. The second-order valence-electron chi connectivity index (χ2n) is 5.75. The summed E-state index contributed by atoms with van der Waals surface area (Å²) in [6, 6.07) is 7.43. The van der Waals surface area contributed by atoms with Crippen molar-refractivity contribution in [2.75, 3.05) is 26.2 Å². The van der Waals surface area contributed by atoms with Gasteiger partial charge in [-0.1, -0.05) is 6.92 Å². The molecule has 0 aromatic heterocycles. The smallest absolute Gasteiger partial charge is 0.176 e. The summed E-state index contributed by atoms with van der Waals surface area (Å²) in [6.07, 6.45) is 1.35. The first-order chi connectivity index (χ1) is 10.1. The minimum absolute atomic E-state index is 0.151. The number of Topliss-reactive ketones (excluding diaryl/α,β-unsaturated/α-hetero) is 1. The number of carbonyl (C=O) groups excluding carboxylic acids is 1. The minimum Gasteiger partial charge on any atom is -0.494 e. The summed E-state index contributed by atoms with van der Waals surface area (Å²) >= 11 is 0. The third kappa shape index (κ3) is 4.83. The average molecular weight is 291 g/mol. The summed E-state index contributed by atoms with van der Waals surface area (Å²) in [6.45, 7) is 8.95. The third-order valence-electron chi connectivity index (χ3n) is 3.51. The van der Waals surface area contributed by atoms with E-state index in [2.05, 4.69) is 11.8 Å². The number of hydrogen-bond acceptors (Lipinski definition) is 4. The van der Waals surface area contributed by atoms with Crippen LogP contribution in [-0.2, 0) is 4.74 Å². The number of morpholine rings is 1. The summed E-state index contributed by atoms with van der Waals surface area (Å²) in [7, 11) is 0. The molecule has 1 aliphatic heterocycles. The van der Waals surface area contributed by atoms with E-state index >= 15 is 0 Å². The van der Waals surface area contributed by atoms with E-state index in [-0.39, 0.29) is 18.0 Å². The number of benzene rings is 1. The van der Waals surface area contributed by atoms with Gasteiger partial charge in [0, 0.05) is 18.7 Å². The van der Waals surface area contributed by atoms with Gasteiger partial charge in [0.1, 0.15) is 5.75 Å². The van der Waals surface area contributed by atoms with Crippen molar-refractivity contribution in [3.05, 3.63) is 29.8 Å². The Hall–Kier alpha value is -1.39. The zero-order valence-corrected chi connectivity index (χ0v) is 13.2. The van der Waals surface area contributed by atoms with E-state index < -0.39 is 0 Å². The molecular formula is C17H25NO3. The van der Waals surface area contributed by atoms with Crippen LogP contribution >= 0.6 is 0 Å². The number of carbonyl (C=O) groups is 1. The SMILES string of the molecule is CCCOc1ccc(C(=O)CN2CC(C)OC(C)C2)cc1. The zero-order chi connectivity index (χ0) is 15.2. The molecule has 0 amide bonds. The number of hydrogen-bond donors (Lipinski definition) is 0. The normalized spacial score (nSPS) is 23.0. The average Bonchev–Trinajstić information content (AvgIpc) is 2.44. The molecule has 4 heteroatoms. The van der Waals surface area contributed by atoms with Crippen LogP contribution in [0.4, 0.5) is 0 Å². The fourth-order valence-corrected chi connectivity index (χ4v) is 2.66. The van der Waals surface area contributed by atoms with E-state index in [1.165, 1.54) is 0 Å². The Kier molecular flexibility index (Phi) is 5.76. The molecule has 2 rings (SSSR count). The maximum Gasteiger partial charge on any atom is 0.176 e. The molecule has 0 aliphatic carbocycles. The van der Waals surface area contributed by atoms with Gasteiger partial charge < -0.3 is 9.47 Å². The van der Waals surface area contributed by atoms with Crippen molar-refractivity contribution in [1.82, 2.24) is 4.90 Å². The van der Waals surface area contributed by atoms with Crippen molar-refractivity contribution in [1.29, 1.82) is 0 Å². The van der Waals surface area contributed by atoms with E-state index in [0.29, 0.717) is 13.2 Å². The predicted octanol–water partition coefficient (Wildman–Crippen LogP) is 2.77. The molecule has 4 nitrogen and oxygen atoms in total. The standard InChI is InChI=1S/C17H25NO3/c1-4-9-20-16-7-5-15(6-8-16)17(19)12-18-10-13(2)21-14(3)11-18/h5-8,13-14H,4,9-12H2,1-3H3. The molecule has 1 saturated heterocycles. The number of nitrogens with zero attached hydrogens (tertiary/aromatic N) is 1. The lowest BCUT2D eigenvalue weighted by Gasteiger charge is -2.34. The molecule has 0 N–H and O–H groups in total. The van der Waals surface area contributed by atoms with Crippen LogP contribution in [0.1, 0.15) is 37.6 Å². The molecule has 0 radical (unpaired) electrons. The van der Waals surface area contributed by atoms with Crippen molar-refractivity contribution in [3.8, 4) is 5.75 Å². The van der Waals surface area contributed by atoms with Crippen LogP contribution in [0, 0.1) is 0 Å². The maximum atomic E-state index is 12.3. The van der Waals surface area contributed by atoms with Gasteiger partial charge in [-0.2, -0.15) is 0 Å². The Labute approximate surface area is 127 Å². The van der Waals surface area contributed by atoms with Crippen LogP contribution in [0.15, 0.2) is 24.3 Å².